The fourth-order valence-electron chi connectivity index (χ4n) is 2.16. The Morgan fingerprint density at radius 1 is 1.33 bits per heavy atom. The molecule has 1 atom stereocenters. The second kappa shape index (κ2) is 6.71. The molecule has 1 fully saturated rings. The highest BCUT2D eigenvalue weighted by atomic mass is 32.2. The third-order valence-corrected chi connectivity index (χ3v) is 4.30. The Kier molecular flexibility index (Phi) is 4.95. The molecule has 0 radical (unpaired) electrons. The van der Waals surface area contributed by atoms with Crippen LogP contribution in [0.25, 0.3) is 0 Å². The number of carboxylic acids is 1. The smallest absolute Gasteiger partial charge is 0.327 e. The first kappa shape index (κ1) is 15.5. The number of rotatable bonds is 5. The number of carboxylic acid groups (broad SMARTS) is 1. The van der Waals surface area contributed by atoms with Gasteiger partial charge in [0.05, 0.1) is 26.5 Å². The van der Waals surface area contributed by atoms with Gasteiger partial charge in [-0.05, 0) is 17.7 Å². The number of carbonyl (C=O) groups is 2. The molecule has 0 unspecified atom stereocenters. The molecule has 2 rings (SSSR count). The first-order valence-corrected chi connectivity index (χ1v) is 7.53. The van der Waals surface area contributed by atoms with Gasteiger partial charge in [-0.15, -0.1) is 11.8 Å². The van der Waals surface area contributed by atoms with Crippen LogP contribution in [0.2, 0.25) is 0 Å². The van der Waals surface area contributed by atoms with Crippen molar-refractivity contribution in [3.05, 3.63) is 23.8 Å². The van der Waals surface area contributed by atoms with Crippen LogP contribution in [0.4, 0.5) is 0 Å². The molecule has 7 heteroatoms. The van der Waals surface area contributed by atoms with E-state index in [1.165, 1.54) is 23.8 Å². The number of carbonyl (C=O) groups excluding carboxylic acids is 1. The number of thioether (sulfide) groups is 1. The van der Waals surface area contributed by atoms with E-state index >= 15 is 0 Å². The highest BCUT2D eigenvalue weighted by Gasteiger charge is 2.34. The number of amides is 1. The summed E-state index contributed by atoms with van der Waals surface area (Å²) in [6.45, 7) is 0. The Morgan fingerprint density at radius 3 is 2.67 bits per heavy atom. The van der Waals surface area contributed by atoms with Gasteiger partial charge >= 0.3 is 5.97 Å². The van der Waals surface area contributed by atoms with Gasteiger partial charge in [0.25, 0.3) is 0 Å². The Bertz CT molecular complexity index is 548. The van der Waals surface area contributed by atoms with Gasteiger partial charge in [0.2, 0.25) is 5.91 Å². The van der Waals surface area contributed by atoms with Crippen LogP contribution in [0, 0.1) is 0 Å². The Hall–Kier alpha value is -1.89. The number of aliphatic carboxylic acids is 1. The van der Waals surface area contributed by atoms with E-state index < -0.39 is 12.0 Å². The van der Waals surface area contributed by atoms with Crippen LogP contribution in [0.1, 0.15) is 5.56 Å². The lowest BCUT2D eigenvalue weighted by atomic mass is 10.1. The van der Waals surface area contributed by atoms with E-state index in [0.29, 0.717) is 23.1 Å². The van der Waals surface area contributed by atoms with E-state index in [1.807, 2.05) is 0 Å². The topological polar surface area (TPSA) is 76.1 Å². The van der Waals surface area contributed by atoms with Crippen molar-refractivity contribution >= 4 is 23.6 Å². The van der Waals surface area contributed by atoms with Gasteiger partial charge in [-0.1, -0.05) is 6.07 Å². The van der Waals surface area contributed by atoms with Crippen molar-refractivity contribution in [2.45, 2.75) is 12.5 Å². The maximum Gasteiger partial charge on any atom is 0.327 e. The molecule has 1 saturated heterocycles. The summed E-state index contributed by atoms with van der Waals surface area (Å²) in [4.78, 5) is 24.8. The molecule has 0 spiro atoms. The average molecular weight is 311 g/mol. The maximum atomic E-state index is 12.3. The number of hydrogen-bond acceptors (Lipinski definition) is 5. The molecule has 1 aromatic rings. The number of ether oxygens (including phenoxy) is 2. The van der Waals surface area contributed by atoms with Crippen LogP contribution in [-0.2, 0) is 16.0 Å². The quantitative estimate of drug-likeness (QED) is 0.881. The standard InChI is InChI=1S/C14H17NO5S/c1-19-11-4-3-9(5-12(11)20-2)6-13(16)15-8-21-7-10(15)14(17)18/h3-5,10H,6-8H2,1-2H3,(H,17,18)/t10-/m0/s1. The van der Waals surface area contributed by atoms with Gasteiger partial charge in [-0.3, -0.25) is 4.79 Å². The number of hydrogen-bond donors (Lipinski definition) is 1. The molecule has 21 heavy (non-hydrogen) atoms. The van der Waals surface area contributed by atoms with E-state index in [2.05, 4.69) is 0 Å². The average Bonchev–Trinajstić information content (AvgIpc) is 2.96. The maximum absolute atomic E-state index is 12.3. The molecule has 1 heterocycles. The summed E-state index contributed by atoms with van der Waals surface area (Å²) in [5, 5.41) is 9.11. The monoisotopic (exact) mass is 311 g/mol. The highest BCUT2D eigenvalue weighted by molar-refractivity contribution is 7.99. The summed E-state index contributed by atoms with van der Waals surface area (Å²) in [6, 6.07) is 4.51. The summed E-state index contributed by atoms with van der Waals surface area (Å²) >= 11 is 1.45. The molecule has 1 amide bonds. The van der Waals surface area contributed by atoms with E-state index in [9.17, 15) is 9.59 Å². The lowest BCUT2D eigenvalue weighted by Gasteiger charge is -2.20. The molecule has 1 aliphatic heterocycles. The number of benzene rings is 1. The van der Waals surface area contributed by atoms with Gasteiger partial charge < -0.3 is 19.5 Å². The van der Waals surface area contributed by atoms with Gasteiger partial charge in [-0.2, -0.15) is 0 Å². The van der Waals surface area contributed by atoms with E-state index in [-0.39, 0.29) is 12.3 Å². The largest absolute Gasteiger partial charge is 0.493 e. The normalized spacial score (nSPS) is 17.6. The van der Waals surface area contributed by atoms with Crippen molar-refractivity contribution in [3.63, 3.8) is 0 Å². The summed E-state index contributed by atoms with van der Waals surface area (Å²) in [5.74, 6) is 0.846. The zero-order valence-corrected chi connectivity index (χ0v) is 12.7. The minimum absolute atomic E-state index is 0.144. The SMILES string of the molecule is COc1ccc(CC(=O)N2CSC[C@H]2C(=O)O)cc1OC. The minimum atomic E-state index is -0.958. The lowest BCUT2D eigenvalue weighted by molar-refractivity contribution is -0.147. The van der Waals surface area contributed by atoms with E-state index in [4.69, 9.17) is 14.6 Å². The molecule has 1 aliphatic rings. The van der Waals surface area contributed by atoms with Crippen molar-refractivity contribution in [2.24, 2.45) is 0 Å². The van der Waals surface area contributed by atoms with Gasteiger partial charge in [0, 0.05) is 5.75 Å². The zero-order valence-electron chi connectivity index (χ0n) is 11.9. The Balaban J connectivity index is 2.11. The molecule has 0 bridgehead atoms. The van der Waals surface area contributed by atoms with Gasteiger partial charge in [0.15, 0.2) is 11.5 Å². The van der Waals surface area contributed by atoms with Crippen LogP contribution >= 0.6 is 11.8 Å². The predicted molar refractivity (Wildman–Crippen MR) is 78.8 cm³/mol. The fourth-order valence-corrected chi connectivity index (χ4v) is 3.33. The molecular weight excluding hydrogens is 294 g/mol. The van der Waals surface area contributed by atoms with Crippen molar-refractivity contribution in [1.82, 2.24) is 4.90 Å². The molecule has 6 nitrogen and oxygen atoms in total. The molecule has 0 saturated carbocycles. The second-order valence-corrected chi connectivity index (χ2v) is 5.58. The molecule has 0 aliphatic carbocycles. The van der Waals surface area contributed by atoms with Crippen molar-refractivity contribution in [1.29, 1.82) is 0 Å². The first-order valence-electron chi connectivity index (χ1n) is 6.37. The van der Waals surface area contributed by atoms with Gasteiger partial charge in [-0.25, -0.2) is 4.79 Å². The Labute approximate surface area is 127 Å². The summed E-state index contributed by atoms with van der Waals surface area (Å²) in [6.07, 6.45) is 0.144. The van der Waals surface area contributed by atoms with Crippen LogP contribution in [0.5, 0.6) is 11.5 Å². The second-order valence-electron chi connectivity index (χ2n) is 4.58. The minimum Gasteiger partial charge on any atom is -0.493 e. The van der Waals surface area contributed by atoms with Crippen LogP contribution in [-0.4, -0.2) is 53.8 Å². The fraction of sp³-hybridized carbons (Fsp3) is 0.429. The van der Waals surface area contributed by atoms with Crippen molar-refractivity contribution in [3.8, 4) is 11.5 Å². The van der Waals surface area contributed by atoms with Gasteiger partial charge in [0.1, 0.15) is 6.04 Å². The molecule has 1 N–H and O–H groups in total. The third-order valence-electron chi connectivity index (χ3n) is 3.29. The summed E-state index contributed by atoms with van der Waals surface area (Å²) in [7, 11) is 3.07. The van der Waals surface area contributed by atoms with Crippen molar-refractivity contribution in [2.75, 3.05) is 25.8 Å². The van der Waals surface area contributed by atoms with E-state index in [0.717, 1.165) is 5.56 Å². The summed E-state index contributed by atoms with van der Waals surface area (Å²) in [5.41, 5.74) is 0.763. The van der Waals surface area contributed by atoms with Crippen LogP contribution in [0.15, 0.2) is 18.2 Å². The highest BCUT2D eigenvalue weighted by Crippen LogP contribution is 2.28. The summed E-state index contributed by atoms with van der Waals surface area (Å²) < 4.78 is 10.3. The Morgan fingerprint density at radius 2 is 2.05 bits per heavy atom. The van der Waals surface area contributed by atoms with Crippen molar-refractivity contribution < 1.29 is 24.2 Å². The molecule has 0 aromatic heterocycles. The zero-order chi connectivity index (χ0) is 15.4. The molecular formula is C14H17NO5S. The first-order chi connectivity index (χ1) is 10.1. The number of nitrogens with zero attached hydrogens (tertiary/aromatic N) is 1. The number of methoxy groups -OCH3 is 2. The molecule has 114 valence electrons. The predicted octanol–water partition coefficient (Wildman–Crippen LogP) is 1.23. The van der Waals surface area contributed by atoms with Crippen LogP contribution < -0.4 is 9.47 Å². The van der Waals surface area contributed by atoms with E-state index in [1.54, 1.807) is 25.3 Å². The lowest BCUT2D eigenvalue weighted by Crippen LogP contribution is -2.42. The molecule has 1 aromatic carbocycles. The third kappa shape index (κ3) is 3.41. The van der Waals surface area contributed by atoms with Crippen LogP contribution in [0.3, 0.4) is 0 Å².